The Morgan fingerprint density at radius 3 is 2.05 bits per heavy atom. The van der Waals surface area contributed by atoms with Gasteiger partial charge in [0.1, 0.15) is 12.4 Å². The van der Waals surface area contributed by atoms with Crippen LogP contribution in [-0.4, -0.2) is 15.7 Å². The molecule has 0 bridgehead atoms. The van der Waals surface area contributed by atoms with Gasteiger partial charge in [-0.25, -0.2) is 22.0 Å². The zero-order valence-corrected chi connectivity index (χ0v) is 21.1. The molecular weight excluding hydrogens is 561 g/mol. The van der Waals surface area contributed by atoms with Gasteiger partial charge in [-0.15, -0.1) is 0 Å². The highest BCUT2D eigenvalue weighted by Crippen LogP contribution is 2.26. The van der Waals surface area contributed by atoms with Crippen LogP contribution in [0.3, 0.4) is 0 Å². The fourth-order valence-electron chi connectivity index (χ4n) is 3.61. The molecular formula is C26H19BrF5N3O2. The van der Waals surface area contributed by atoms with Crippen LogP contribution in [0.5, 0.6) is 5.75 Å². The number of hydrogen-bond acceptors (Lipinski definition) is 3. The molecule has 0 radical (unpaired) electrons. The molecule has 1 amide bonds. The van der Waals surface area contributed by atoms with Gasteiger partial charge >= 0.3 is 0 Å². The number of halogens is 6. The van der Waals surface area contributed by atoms with Gasteiger partial charge in [-0.1, -0.05) is 28.1 Å². The van der Waals surface area contributed by atoms with Gasteiger partial charge in [-0.05, 0) is 55.8 Å². The molecule has 0 unspecified atom stereocenters. The molecule has 0 aliphatic carbocycles. The summed E-state index contributed by atoms with van der Waals surface area (Å²) in [5.41, 5.74) is 0.974. The molecule has 0 aliphatic rings. The van der Waals surface area contributed by atoms with Gasteiger partial charge in [0, 0.05) is 10.0 Å². The lowest BCUT2D eigenvalue weighted by atomic mass is 10.1. The van der Waals surface area contributed by atoms with Gasteiger partial charge in [0.15, 0.2) is 23.3 Å². The Kier molecular flexibility index (Phi) is 7.63. The normalized spacial score (nSPS) is 11.0. The van der Waals surface area contributed by atoms with Crippen molar-refractivity contribution >= 4 is 27.5 Å². The highest BCUT2D eigenvalue weighted by Gasteiger charge is 2.27. The molecule has 11 heteroatoms. The summed E-state index contributed by atoms with van der Waals surface area (Å²) in [7, 11) is 0. The minimum Gasteiger partial charge on any atom is -0.489 e. The molecule has 0 fully saturated rings. The minimum absolute atomic E-state index is 0.261. The Bertz CT molecular complexity index is 1440. The number of ether oxygens (including phenoxy) is 1. The van der Waals surface area contributed by atoms with E-state index in [1.807, 2.05) is 24.3 Å². The Balaban J connectivity index is 1.47. The SMILES string of the molecule is Cc1nn(Cc2c(F)c(F)c(F)c(F)c2F)c(C)c1NC(=O)c1ccc(COc2ccc(Br)cc2)cc1. The third kappa shape index (κ3) is 5.51. The number of anilines is 1. The molecule has 0 atom stereocenters. The molecule has 0 saturated carbocycles. The lowest BCUT2D eigenvalue weighted by Gasteiger charge is -2.11. The smallest absolute Gasteiger partial charge is 0.255 e. The van der Waals surface area contributed by atoms with Crippen LogP contribution in [0.15, 0.2) is 53.0 Å². The standard InChI is InChI=1S/C26H19BrF5N3O2/c1-13-25(14(2)35(34-13)11-19-20(28)22(30)24(32)23(31)21(19)29)33-26(36)16-5-3-15(4-6-16)12-37-18-9-7-17(27)8-10-18/h3-10H,11-12H2,1-2H3,(H,33,36). The summed E-state index contributed by atoms with van der Waals surface area (Å²) in [6.45, 7) is 2.62. The number of nitrogens with zero attached hydrogens (tertiary/aromatic N) is 2. The third-order valence-corrected chi connectivity index (χ3v) is 6.19. The molecule has 3 aromatic carbocycles. The molecule has 1 heterocycles. The predicted octanol–water partition coefficient (Wildman–Crippen LogP) is 6.84. The molecule has 0 aliphatic heterocycles. The van der Waals surface area contributed by atoms with E-state index in [4.69, 9.17) is 4.74 Å². The third-order valence-electron chi connectivity index (χ3n) is 5.66. The van der Waals surface area contributed by atoms with Crippen molar-refractivity contribution in [3.05, 3.63) is 110 Å². The van der Waals surface area contributed by atoms with Crippen LogP contribution in [0.1, 0.15) is 32.9 Å². The number of carbonyl (C=O) groups is 1. The quantitative estimate of drug-likeness (QED) is 0.148. The second kappa shape index (κ2) is 10.7. The van der Waals surface area contributed by atoms with Crippen molar-refractivity contribution in [2.45, 2.75) is 27.0 Å². The van der Waals surface area contributed by atoms with Crippen LogP contribution in [0.4, 0.5) is 27.6 Å². The predicted molar refractivity (Wildman–Crippen MR) is 130 cm³/mol. The first-order chi connectivity index (χ1) is 17.6. The fourth-order valence-corrected chi connectivity index (χ4v) is 3.87. The average molecular weight is 580 g/mol. The Labute approximate surface area is 217 Å². The summed E-state index contributed by atoms with van der Waals surface area (Å²) in [6, 6.07) is 14.1. The lowest BCUT2D eigenvalue weighted by Crippen LogP contribution is -2.14. The van der Waals surface area contributed by atoms with E-state index in [-0.39, 0.29) is 11.4 Å². The molecule has 5 nitrogen and oxygen atoms in total. The first-order valence-corrected chi connectivity index (χ1v) is 11.7. The van der Waals surface area contributed by atoms with Gasteiger partial charge in [0.05, 0.1) is 29.2 Å². The van der Waals surface area contributed by atoms with Crippen molar-refractivity contribution in [2.24, 2.45) is 0 Å². The number of hydrogen-bond donors (Lipinski definition) is 1. The summed E-state index contributed by atoms with van der Waals surface area (Å²) in [6.07, 6.45) is 0. The van der Waals surface area contributed by atoms with Gasteiger partial charge in [-0.2, -0.15) is 5.10 Å². The zero-order valence-electron chi connectivity index (χ0n) is 19.5. The number of rotatable bonds is 7. The first kappa shape index (κ1) is 26.3. The van der Waals surface area contributed by atoms with E-state index in [0.29, 0.717) is 23.6 Å². The van der Waals surface area contributed by atoms with E-state index in [9.17, 15) is 26.7 Å². The first-order valence-electron chi connectivity index (χ1n) is 10.9. The van der Waals surface area contributed by atoms with Gasteiger partial charge in [0.25, 0.3) is 5.91 Å². The number of benzene rings is 3. The topological polar surface area (TPSA) is 56.2 Å². The minimum atomic E-state index is -2.23. The van der Waals surface area contributed by atoms with E-state index in [1.165, 1.54) is 6.92 Å². The van der Waals surface area contributed by atoms with E-state index in [0.717, 1.165) is 14.7 Å². The van der Waals surface area contributed by atoms with Crippen LogP contribution in [0.2, 0.25) is 0 Å². The molecule has 1 aromatic heterocycles. The van der Waals surface area contributed by atoms with Gasteiger partial charge in [0.2, 0.25) is 5.82 Å². The summed E-state index contributed by atoms with van der Waals surface area (Å²) in [5.74, 6) is -9.94. The summed E-state index contributed by atoms with van der Waals surface area (Å²) >= 11 is 3.36. The molecule has 0 spiro atoms. The monoisotopic (exact) mass is 579 g/mol. The van der Waals surface area contributed by atoms with E-state index >= 15 is 0 Å². The largest absolute Gasteiger partial charge is 0.489 e. The molecule has 37 heavy (non-hydrogen) atoms. The lowest BCUT2D eigenvalue weighted by molar-refractivity contribution is 0.102. The summed E-state index contributed by atoms with van der Waals surface area (Å²) in [4.78, 5) is 12.8. The van der Waals surface area contributed by atoms with Crippen LogP contribution in [0, 0.1) is 42.9 Å². The molecule has 0 saturated heterocycles. The Morgan fingerprint density at radius 1 is 0.892 bits per heavy atom. The van der Waals surface area contributed by atoms with Gasteiger partial charge < -0.3 is 10.1 Å². The van der Waals surface area contributed by atoms with Gasteiger partial charge in [-0.3, -0.25) is 9.48 Å². The zero-order chi connectivity index (χ0) is 26.9. The maximum atomic E-state index is 14.1. The van der Waals surface area contributed by atoms with E-state index in [2.05, 4.69) is 26.3 Å². The van der Waals surface area contributed by atoms with Crippen LogP contribution in [0.25, 0.3) is 0 Å². The number of aromatic nitrogens is 2. The number of amides is 1. The molecule has 4 rings (SSSR count). The van der Waals surface area contributed by atoms with Crippen molar-refractivity contribution in [3.8, 4) is 5.75 Å². The van der Waals surface area contributed by atoms with Crippen molar-refractivity contribution in [2.75, 3.05) is 5.32 Å². The molecule has 1 N–H and O–H groups in total. The fraction of sp³-hybridized carbons (Fsp3) is 0.154. The average Bonchev–Trinajstić information content (AvgIpc) is 3.16. The maximum Gasteiger partial charge on any atom is 0.255 e. The maximum absolute atomic E-state index is 14.1. The second-order valence-corrected chi connectivity index (χ2v) is 9.06. The van der Waals surface area contributed by atoms with Crippen molar-refractivity contribution in [1.82, 2.24) is 9.78 Å². The van der Waals surface area contributed by atoms with Crippen LogP contribution < -0.4 is 10.1 Å². The van der Waals surface area contributed by atoms with E-state index < -0.39 is 47.1 Å². The van der Waals surface area contributed by atoms with Crippen molar-refractivity contribution < 1.29 is 31.5 Å². The summed E-state index contributed by atoms with van der Waals surface area (Å²) in [5, 5.41) is 6.79. The molecule has 4 aromatic rings. The van der Waals surface area contributed by atoms with Crippen LogP contribution in [-0.2, 0) is 13.2 Å². The Morgan fingerprint density at radius 2 is 1.46 bits per heavy atom. The van der Waals surface area contributed by atoms with Crippen molar-refractivity contribution in [3.63, 3.8) is 0 Å². The van der Waals surface area contributed by atoms with E-state index in [1.54, 1.807) is 31.2 Å². The Hall–Kier alpha value is -3.73. The number of nitrogens with one attached hydrogen (secondary N) is 1. The second-order valence-electron chi connectivity index (χ2n) is 8.15. The highest BCUT2D eigenvalue weighted by atomic mass is 79.9. The number of aryl methyl sites for hydroxylation is 1. The molecule has 192 valence electrons. The summed E-state index contributed by atoms with van der Waals surface area (Å²) < 4.78 is 76.4. The van der Waals surface area contributed by atoms with Crippen molar-refractivity contribution in [1.29, 1.82) is 0 Å². The number of carbonyl (C=O) groups excluding carboxylic acids is 1. The highest BCUT2D eigenvalue weighted by molar-refractivity contribution is 9.10. The van der Waals surface area contributed by atoms with Crippen LogP contribution >= 0.6 is 15.9 Å².